The Labute approximate surface area is 157 Å². The van der Waals surface area contributed by atoms with Gasteiger partial charge in [0, 0.05) is 12.1 Å². The van der Waals surface area contributed by atoms with Crippen LogP contribution < -0.4 is 5.32 Å². The van der Waals surface area contributed by atoms with Gasteiger partial charge in [-0.05, 0) is 35.2 Å². The van der Waals surface area contributed by atoms with Gasteiger partial charge in [0.05, 0.1) is 5.56 Å². The summed E-state index contributed by atoms with van der Waals surface area (Å²) in [5.74, 6) is -0.757. The number of benzene rings is 3. The summed E-state index contributed by atoms with van der Waals surface area (Å²) >= 11 is 0. The highest BCUT2D eigenvalue weighted by atomic mass is 16.5. The van der Waals surface area contributed by atoms with Crippen molar-refractivity contribution in [3.05, 3.63) is 101 Å². The lowest BCUT2D eigenvalue weighted by Crippen LogP contribution is -2.38. The van der Waals surface area contributed by atoms with Crippen molar-refractivity contribution in [2.45, 2.75) is 18.9 Å². The molecule has 0 radical (unpaired) electrons. The monoisotopic (exact) mass is 357 g/mol. The number of para-hydroxylation sites is 1. The van der Waals surface area contributed by atoms with E-state index in [0.717, 1.165) is 22.4 Å². The first-order valence-corrected chi connectivity index (χ1v) is 8.92. The van der Waals surface area contributed by atoms with E-state index in [4.69, 9.17) is 4.74 Å². The van der Waals surface area contributed by atoms with Crippen LogP contribution in [0.25, 0.3) is 0 Å². The lowest BCUT2D eigenvalue weighted by atomic mass is 9.98. The number of carbonyl (C=O) groups excluding carboxylic acids is 2. The smallest absolute Gasteiger partial charge is 0.339 e. The molecule has 0 saturated heterocycles. The van der Waals surface area contributed by atoms with E-state index < -0.39 is 12.1 Å². The normalized spacial score (nSPS) is 15.6. The standard InChI is InChI=1S/C23H19NO3/c25-22(21-15-17-10-4-6-12-19(17)23(26)27-21)24-20-13-7-5-11-18(20)14-16-8-2-1-3-9-16/h1-13,21H,14-15H2,(H,24,25)/t21-/m0/s1. The van der Waals surface area contributed by atoms with Crippen LogP contribution in [0.4, 0.5) is 5.69 Å². The Balaban J connectivity index is 1.52. The van der Waals surface area contributed by atoms with Crippen molar-refractivity contribution >= 4 is 17.6 Å². The van der Waals surface area contributed by atoms with Gasteiger partial charge < -0.3 is 10.1 Å². The van der Waals surface area contributed by atoms with Crippen molar-refractivity contribution in [3.8, 4) is 0 Å². The van der Waals surface area contributed by atoms with Crippen LogP contribution in [0.5, 0.6) is 0 Å². The highest BCUT2D eigenvalue weighted by Crippen LogP contribution is 2.23. The molecule has 4 nitrogen and oxygen atoms in total. The fourth-order valence-corrected chi connectivity index (χ4v) is 3.30. The van der Waals surface area contributed by atoms with Crippen molar-refractivity contribution in [2.24, 2.45) is 0 Å². The molecule has 4 heteroatoms. The number of cyclic esters (lactones) is 1. The van der Waals surface area contributed by atoms with Gasteiger partial charge in [-0.3, -0.25) is 4.79 Å². The quantitative estimate of drug-likeness (QED) is 0.718. The van der Waals surface area contributed by atoms with E-state index in [-0.39, 0.29) is 5.91 Å². The van der Waals surface area contributed by atoms with Gasteiger partial charge in [0.2, 0.25) is 0 Å². The number of anilines is 1. The first-order valence-electron chi connectivity index (χ1n) is 8.92. The molecule has 1 amide bonds. The van der Waals surface area contributed by atoms with Gasteiger partial charge >= 0.3 is 5.97 Å². The number of carbonyl (C=O) groups is 2. The number of esters is 1. The highest BCUT2D eigenvalue weighted by Gasteiger charge is 2.31. The van der Waals surface area contributed by atoms with Crippen molar-refractivity contribution in [3.63, 3.8) is 0 Å². The molecule has 0 aliphatic carbocycles. The van der Waals surface area contributed by atoms with Gasteiger partial charge in [0.1, 0.15) is 0 Å². The fourth-order valence-electron chi connectivity index (χ4n) is 3.30. The largest absolute Gasteiger partial charge is 0.448 e. The number of hydrogen-bond donors (Lipinski definition) is 1. The summed E-state index contributed by atoms with van der Waals surface area (Å²) in [7, 11) is 0. The molecule has 4 rings (SSSR count). The third-order valence-corrected chi connectivity index (χ3v) is 4.70. The van der Waals surface area contributed by atoms with Crippen molar-refractivity contribution in [1.29, 1.82) is 0 Å². The molecule has 27 heavy (non-hydrogen) atoms. The minimum absolute atomic E-state index is 0.307. The van der Waals surface area contributed by atoms with Crippen molar-refractivity contribution in [2.75, 3.05) is 5.32 Å². The van der Waals surface area contributed by atoms with Crippen LogP contribution >= 0.6 is 0 Å². The number of ether oxygens (including phenoxy) is 1. The summed E-state index contributed by atoms with van der Waals surface area (Å²) in [6.07, 6.45) is 0.274. The second-order valence-electron chi connectivity index (χ2n) is 6.56. The molecule has 0 unspecified atom stereocenters. The van der Waals surface area contributed by atoms with Crippen molar-refractivity contribution in [1.82, 2.24) is 0 Å². The van der Waals surface area contributed by atoms with E-state index in [1.165, 1.54) is 0 Å². The Morgan fingerprint density at radius 1 is 0.926 bits per heavy atom. The van der Waals surface area contributed by atoms with Crippen LogP contribution in [0.1, 0.15) is 27.0 Å². The third-order valence-electron chi connectivity index (χ3n) is 4.70. The minimum atomic E-state index is -0.822. The Morgan fingerprint density at radius 3 is 2.48 bits per heavy atom. The summed E-state index contributed by atoms with van der Waals surface area (Å²) < 4.78 is 5.35. The van der Waals surface area contributed by atoms with Gasteiger partial charge in [0.15, 0.2) is 6.10 Å². The molecule has 1 aliphatic heterocycles. The van der Waals surface area contributed by atoms with E-state index >= 15 is 0 Å². The third kappa shape index (κ3) is 3.75. The van der Waals surface area contributed by atoms with Crippen LogP contribution in [0.3, 0.4) is 0 Å². The second kappa shape index (κ2) is 7.46. The molecular weight excluding hydrogens is 338 g/mol. The molecular formula is C23H19NO3. The summed E-state index contributed by atoms with van der Waals surface area (Å²) in [5, 5.41) is 2.94. The lowest BCUT2D eigenvalue weighted by Gasteiger charge is -2.24. The predicted octanol–water partition coefficient (Wildman–Crippen LogP) is 4.00. The average Bonchev–Trinajstić information content (AvgIpc) is 2.70. The SMILES string of the molecule is O=C1O[C@H](C(=O)Nc2ccccc2Cc2ccccc2)Cc2ccccc21. The summed E-state index contributed by atoms with van der Waals surface area (Å²) in [6, 6.07) is 25.0. The maximum absolute atomic E-state index is 12.7. The van der Waals surface area contributed by atoms with E-state index in [1.807, 2.05) is 54.6 Å². The van der Waals surface area contributed by atoms with Gasteiger partial charge in [-0.1, -0.05) is 66.7 Å². The molecule has 0 bridgehead atoms. The zero-order chi connectivity index (χ0) is 18.6. The molecule has 3 aromatic rings. The molecule has 0 fully saturated rings. The lowest BCUT2D eigenvalue weighted by molar-refractivity contribution is -0.125. The average molecular weight is 357 g/mol. The number of rotatable bonds is 4. The maximum Gasteiger partial charge on any atom is 0.339 e. The number of nitrogens with one attached hydrogen (secondary N) is 1. The zero-order valence-electron chi connectivity index (χ0n) is 14.7. The Bertz CT molecular complexity index is 982. The molecule has 134 valence electrons. The van der Waals surface area contributed by atoms with Gasteiger partial charge in [-0.2, -0.15) is 0 Å². The fraction of sp³-hybridized carbons (Fsp3) is 0.130. The first kappa shape index (κ1) is 17.0. The van der Waals surface area contributed by atoms with E-state index in [0.29, 0.717) is 18.4 Å². The second-order valence-corrected chi connectivity index (χ2v) is 6.56. The molecule has 1 heterocycles. The summed E-state index contributed by atoms with van der Waals surface area (Å²) in [5.41, 5.74) is 4.29. The topological polar surface area (TPSA) is 55.4 Å². The number of fused-ring (bicyclic) bond motifs is 1. The van der Waals surface area contributed by atoms with Crippen LogP contribution in [0.15, 0.2) is 78.9 Å². The van der Waals surface area contributed by atoms with Gasteiger partial charge in [-0.25, -0.2) is 4.79 Å². The molecule has 0 spiro atoms. The minimum Gasteiger partial charge on any atom is -0.448 e. The number of amides is 1. The van der Waals surface area contributed by atoms with Crippen LogP contribution in [-0.2, 0) is 22.4 Å². The van der Waals surface area contributed by atoms with Crippen LogP contribution in [0, 0.1) is 0 Å². The van der Waals surface area contributed by atoms with Gasteiger partial charge in [-0.15, -0.1) is 0 Å². The molecule has 1 N–H and O–H groups in total. The molecule has 1 atom stereocenters. The number of hydrogen-bond acceptors (Lipinski definition) is 3. The van der Waals surface area contributed by atoms with Crippen molar-refractivity contribution < 1.29 is 14.3 Å². The molecule has 0 saturated carbocycles. The van der Waals surface area contributed by atoms with E-state index in [9.17, 15) is 9.59 Å². The maximum atomic E-state index is 12.7. The van der Waals surface area contributed by atoms with Gasteiger partial charge in [0.25, 0.3) is 5.91 Å². The summed E-state index contributed by atoms with van der Waals surface area (Å²) in [4.78, 5) is 24.9. The zero-order valence-corrected chi connectivity index (χ0v) is 14.7. The van der Waals surface area contributed by atoms with Crippen LogP contribution in [-0.4, -0.2) is 18.0 Å². The Kier molecular flexibility index (Phi) is 4.71. The Morgan fingerprint density at radius 2 is 1.63 bits per heavy atom. The van der Waals surface area contributed by atoms with E-state index in [2.05, 4.69) is 17.4 Å². The highest BCUT2D eigenvalue weighted by molar-refractivity contribution is 6.00. The predicted molar refractivity (Wildman–Crippen MR) is 104 cm³/mol. The van der Waals surface area contributed by atoms with E-state index in [1.54, 1.807) is 12.1 Å². The molecule has 0 aromatic heterocycles. The first-order chi connectivity index (χ1) is 13.2. The molecule has 3 aromatic carbocycles. The summed E-state index contributed by atoms with van der Waals surface area (Å²) in [6.45, 7) is 0. The molecule has 1 aliphatic rings. The van der Waals surface area contributed by atoms with Crippen LogP contribution in [0.2, 0.25) is 0 Å². The Hall–Kier alpha value is -3.40.